The van der Waals surface area contributed by atoms with Crippen molar-refractivity contribution in [2.75, 3.05) is 21.0 Å². The Labute approximate surface area is 174 Å². The van der Waals surface area contributed by atoms with Gasteiger partial charge in [0.05, 0.1) is 6.10 Å². The smallest absolute Gasteiger partial charge is 0.475 e. The number of hydrogen-bond acceptors (Lipinski definition) is 4. The molecule has 0 aliphatic carbocycles. The predicted octanol–water partition coefficient (Wildman–Crippen LogP) is 5.36. The lowest BCUT2D eigenvalue weighted by atomic mass is 10.0. The van der Waals surface area contributed by atoms with Crippen molar-refractivity contribution in [1.29, 1.82) is 0 Å². The number of ether oxygens (including phenoxy) is 3. The number of para-hydroxylation sites is 1. The summed E-state index contributed by atoms with van der Waals surface area (Å²) in [6.45, 7) is 0.480. The Morgan fingerprint density at radius 1 is 1.00 bits per heavy atom. The lowest BCUT2D eigenvalue weighted by Crippen LogP contribution is -2.38. The average molecular weight is 429 g/mol. The molecular weight excluding hydrogens is 402 g/mol. The average Bonchev–Trinajstić information content (AvgIpc) is 2.66. The van der Waals surface area contributed by atoms with E-state index in [9.17, 15) is 17.6 Å². The van der Waals surface area contributed by atoms with Crippen molar-refractivity contribution >= 4 is 0 Å². The van der Waals surface area contributed by atoms with Gasteiger partial charge in [0, 0.05) is 6.42 Å². The molecule has 166 valence electrons. The van der Waals surface area contributed by atoms with E-state index in [0.29, 0.717) is 24.3 Å². The van der Waals surface area contributed by atoms with Crippen LogP contribution in [0.1, 0.15) is 24.5 Å². The van der Waals surface area contributed by atoms with Gasteiger partial charge in [0.1, 0.15) is 11.5 Å². The van der Waals surface area contributed by atoms with E-state index in [1.54, 1.807) is 43.3 Å². The van der Waals surface area contributed by atoms with E-state index in [2.05, 4.69) is 4.74 Å². The van der Waals surface area contributed by atoms with Gasteiger partial charge in [-0.3, -0.25) is 9.64 Å². The van der Waals surface area contributed by atoms with Gasteiger partial charge in [-0.2, -0.15) is 0 Å². The van der Waals surface area contributed by atoms with Crippen molar-refractivity contribution in [3.8, 4) is 11.5 Å². The quantitative estimate of drug-likeness (QED) is 0.356. The molecule has 0 amide bonds. The van der Waals surface area contributed by atoms with E-state index in [1.165, 1.54) is 6.92 Å². The molecular formula is C22H27F4NO3. The van der Waals surface area contributed by atoms with E-state index < -0.39 is 25.6 Å². The van der Waals surface area contributed by atoms with Crippen LogP contribution in [0.25, 0.3) is 0 Å². The Morgan fingerprint density at radius 2 is 1.73 bits per heavy atom. The third-order valence-corrected chi connectivity index (χ3v) is 4.48. The molecule has 0 heterocycles. The molecule has 2 unspecified atom stereocenters. The van der Waals surface area contributed by atoms with E-state index in [0.717, 1.165) is 11.1 Å². The van der Waals surface area contributed by atoms with Crippen LogP contribution < -0.4 is 9.47 Å². The monoisotopic (exact) mass is 429 g/mol. The van der Waals surface area contributed by atoms with Crippen molar-refractivity contribution in [2.24, 2.45) is 0 Å². The Morgan fingerprint density at radius 3 is 2.40 bits per heavy atom. The molecule has 0 saturated carbocycles. The highest BCUT2D eigenvalue weighted by Crippen LogP contribution is 2.26. The minimum absolute atomic E-state index is 0.0451. The number of halogens is 4. The molecule has 0 spiro atoms. The van der Waals surface area contributed by atoms with Crippen LogP contribution in [0, 0.1) is 0 Å². The molecule has 0 saturated heterocycles. The minimum Gasteiger partial charge on any atom is -0.475 e. The molecule has 0 aliphatic heterocycles. The van der Waals surface area contributed by atoms with E-state index in [-0.39, 0.29) is 6.42 Å². The second-order valence-corrected chi connectivity index (χ2v) is 7.15. The molecule has 0 fully saturated rings. The van der Waals surface area contributed by atoms with Gasteiger partial charge in [-0.15, -0.1) is 13.2 Å². The summed E-state index contributed by atoms with van der Waals surface area (Å²) in [7, 11) is 3.48. The van der Waals surface area contributed by atoms with E-state index in [1.807, 2.05) is 24.3 Å². The first kappa shape index (κ1) is 24.0. The fourth-order valence-corrected chi connectivity index (χ4v) is 3.03. The van der Waals surface area contributed by atoms with Crippen molar-refractivity contribution < 1.29 is 31.8 Å². The molecule has 0 aromatic heterocycles. The van der Waals surface area contributed by atoms with Gasteiger partial charge in [-0.1, -0.05) is 30.3 Å². The maximum atomic E-state index is 12.5. The van der Waals surface area contributed by atoms with E-state index >= 15 is 0 Å². The van der Waals surface area contributed by atoms with Gasteiger partial charge < -0.3 is 9.47 Å². The van der Waals surface area contributed by atoms with E-state index in [4.69, 9.17) is 9.47 Å². The van der Waals surface area contributed by atoms with Gasteiger partial charge in [-0.05, 0) is 63.2 Å². The van der Waals surface area contributed by atoms with Crippen LogP contribution in [0.2, 0.25) is 0 Å². The summed E-state index contributed by atoms with van der Waals surface area (Å²) in [6, 6.07) is 14.6. The van der Waals surface area contributed by atoms with Crippen LogP contribution in [0.3, 0.4) is 0 Å². The van der Waals surface area contributed by atoms with Gasteiger partial charge >= 0.3 is 6.36 Å². The van der Waals surface area contributed by atoms with Crippen LogP contribution in [-0.2, 0) is 17.6 Å². The van der Waals surface area contributed by atoms with Crippen LogP contribution in [0.5, 0.6) is 11.5 Å². The summed E-state index contributed by atoms with van der Waals surface area (Å²) in [5.41, 5.74) is 1.90. The lowest BCUT2D eigenvalue weighted by molar-refractivity contribution is -0.342. The molecule has 2 aromatic rings. The van der Waals surface area contributed by atoms with Crippen LogP contribution in [0.4, 0.5) is 17.6 Å². The first-order valence-corrected chi connectivity index (χ1v) is 9.61. The molecule has 8 heteroatoms. The summed E-state index contributed by atoms with van der Waals surface area (Å²) in [5, 5.41) is 0. The Kier molecular flexibility index (Phi) is 8.92. The number of alkyl halides is 4. The molecule has 0 bridgehead atoms. The second kappa shape index (κ2) is 11.2. The fourth-order valence-electron chi connectivity index (χ4n) is 3.03. The van der Waals surface area contributed by atoms with Crippen molar-refractivity contribution in [1.82, 2.24) is 4.90 Å². The zero-order valence-electron chi connectivity index (χ0n) is 17.3. The first-order valence-electron chi connectivity index (χ1n) is 9.61. The SMILES string of the molecule is CC(CC(Oc1ccccc1CCc1cccc(OCF)c1)N(C)C)OC(F)(F)F. The molecule has 4 nitrogen and oxygen atoms in total. The predicted molar refractivity (Wildman–Crippen MR) is 106 cm³/mol. The number of benzene rings is 2. The van der Waals surface area contributed by atoms with Gasteiger partial charge in [0.2, 0.25) is 6.86 Å². The Hall–Kier alpha value is -2.32. The highest BCUT2D eigenvalue weighted by molar-refractivity contribution is 5.35. The largest absolute Gasteiger partial charge is 0.522 e. The lowest BCUT2D eigenvalue weighted by Gasteiger charge is -2.29. The summed E-state index contributed by atoms with van der Waals surface area (Å²) in [6.07, 6.45) is -4.97. The maximum Gasteiger partial charge on any atom is 0.522 e. The third kappa shape index (κ3) is 8.20. The summed E-state index contributed by atoms with van der Waals surface area (Å²) in [5.74, 6) is 1.07. The Balaban J connectivity index is 2.06. The first-order chi connectivity index (χ1) is 14.2. The molecule has 30 heavy (non-hydrogen) atoms. The number of aryl methyl sites for hydroxylation is 2. The van der Waals surface area contributed by atoms with Gasteiger partial charge in [-0.25, -0.2) is 4.39 Å². The van der Waals surface area contributed by atoms with Crippen LogP contribution in [-0.4, -0.2) is 44.6 Å². The molecule has 0 aliphatic rings. The molecule has 0 radical (unpaired) electrons. The normalized spacial score (nSPS) is 13.9. The van der Waals surface area contributed by atoms with Crippen molar-refractivity contribution in [3.63, 3.8) is 0 Å². The fraction of sp³-hybridized carbons (Fsp3) is 0.455. The number of hydrogen-bond donors (Lipinski definition) is 0. The van der Waals surface area contributed by atoms with Crippen LogP contribution in [0.15, 0.2) is 48.5 Å². The zero-order chi connectivity index (χ0) is 22.1. The highest BCUT2D eigenvalue weighted by Gasteiger charge is 2.33. The van der Waals surface area contributed by atoms with Crippen LogP contribution >= 0.6 is 0 Å². The standard InChI is InChI=1S/C22H27F4NO3/c1-16(30-22(24,25)26)13-21(27(2)3)29-20-10-5-4-8-18(20)12-11-17-7-6-9-19(14-17)28-15-23/h4-10,14,16,21H,11-13,15H2,1-3H3. The topological polar surface area (TPSA) is 30.9 Å². The molecule has 2 aromatic carbocycles. The maximum absolute atomic E-state index is 12.5. The van der Waals surface area contributed by atoms with Crippen molar-refractivity contribution in [2.45, 2.75) is 44.9 Å². The highest BCUT2D eigenvalue weighted by atomic mass is 19.4. The van der Waals surface area contributed by atoms with Gasteiger partial charge in [0.15, 0.2) is 6.23 Å². The molecule has 2 rings (SSSR count). The second-order valence-electron chi connectivity index (χ2n) is 7.15. The van der Waals surface area contributed by atoms with Gasteiger partial charge in [0.25, 0.3) is 0 Å². The third-order valence-electron chi connectivity index (χ3n) is 4.48. The zero-order valence-corrected chi connectivity index (χ0v) is 17.3. The minimum atomic E-state index is -4.69. The van der Waals surface area contributed by atoms with Crippen molar-refractivity contribution in [3.05, 3.63) is 59.7 Å². The number of nitrogens with zero attached hydrogens (tertiary/aromatic N) is 1. The Bertz CT molecular complexity index is 783. The number of rotatable bonds is 11. The molecule has 2 atom stereocenters. The summed E-state index contributed by atoms with van der Waals surface area (Å²) < 4.78 is 64.8. The molecule has 0 N–H and O–H groups in total. The summed E-state index contributed by atoms with van der Waals surface area (Å²) in [4.78, 5) is 1.71. The summed E-state index contributed by atoms with van der Waals surface area (Å²) >= 11 is 0.